The molecule has 0 aromatic heterocycles. The number of allylic oxidation sites excluding steroid dienone is 2. The summed E-state index contributed by atoms with van der Waals surface area (Å²) in [5, 5.41) is 0. The summed E-state index contributed by atoms with van der Waals surface area (Å²) in [6.07, 6.45) is 9.65. The number of unbranched alkanes of at least 4 members (excludes halogenated alkanes) is 2. The highest BCUT2D eigenvalue weighted by Crippen LogP contribution is 2.41. The summed E-state index contributed by atoms with van der Waals surface area (Å²) < 4.78 is 11.8. The first-order valence-corrected chi connectivity index (χ1v) is 10.7. The van der Waals surface area contributed by atoms with Crippen molar-refractivity contribution in [3.8, 4) is 5.75 Å². The lowest BCUT2D eigenvalue weighted by Crippen LogP contribution is -2.25. The van der Waals surface area contributed by atoms with Gasteiger partial charge in [-0.05, 0) is 41.8 Å². The zero-order valence-corrected chi connectivity index (χ0v) is 17.5. The van der Waals surface area contributed by atoms with Gasteiger partial charge >= 0.3 is 0 Å². The van der Waals surface area contributed by atoms with E-state index in [4.69, 9.17) is 9.47 Å². The van der Waals surface area contributed by atoms with Crippen LogP contribution in [0.4, 0.5) is 0 Å². The van der Waals surface area contributed by atoms with E-state index in [0.717, 1.165) is 30.1 Å². The second-order valence-electron chi connectivity index (χ2n) is 7.61. The number of benzene rings is 3. The maximum absolute atomic E-state index is 5.92. The molecule has 1 atom stereocenters. The van der Waals surface area contributed by atoms with E-state index in [1.165, 1.54) is 24.0 Å². The minimum Gasteiger partial charge on any atom is -0.494 e. The summed E-state index contributed by atoms with van der Waals surface area (Å²) >= 11 is 0. The van der Waals surface area contributed by atoms with Gasteiger partial charge < -0.3 is 9.47 Å². The van der Waals surface area contributed by atoms with Gasteiger partial charge in [0.05, 0.1) is 18.3 Å². The summed E-state index contributed by atoms with van der Waals surface area (Å²) in [7, 11) is 0. The smallest absolute Gasteiger partial charge is 0.131 e. The summed E-state index contributed by atoms with van der Waals surface area (Å²) in [4.78, 5) is 0. The van der Waals surface area contributed by atoms with Gasteiger partial charge in [0.1, 0.15) is 11.5 Å². The molecule has 0 aliphatic carbocycles. The van der Waals surface area contributed by atoms with E-state index in [2.05, 4.69) is 85.8 Å². The van der Waals surface area contributed by atoms with E-state index in [1.807, 2.05) is 24.5 Å². The van der Waals surface area contributed by atoms with Gasteiger partial charge in [-0.2, -0.15) is 0 Å². The molecular formula is C28H28O2. The molecule has 0 fully saturated rings. The van der Waals surface area contributed by atoms with Crippen LogP contribution in [0.3, 0.4) is 0 Å². The van der Waals surface area contributed by atoms with Crippen molar-refractivity contribution in [2.45, 2.75) is 31.6 Å². The number of ether oxygens (including phenoxy) is 2. The lowest BCUT2D eigenvalue weighted by atomic mass is 9.73. The molecule has 152 valence electrons. The highest BCUT2D eigenvalue weighted by molar-refractivity contribution is 5.67. The van der Waals surface area contributed by atoms with Gasteiger partial charge in [-0.1, -0.05) is 92.6 Å². The molecule has 1 aliphatic rings. The predicted octanol–water partition coefficient (Wildman–Crippen LogP) is 7.13. The summed E-state index contributed by atoms with van der Waals surface area (Å²) in [6, 6.07) is 29.3. The minimum atomic E-state index is -0.397. The van der Waals surface area contributed by atoms with Crippen LogP contribution in [0.25, 0.3) is 5.76 Å². The van der Waals surface area contributed by atoms with E-state index in [1.54, 1.807) is 0 Å². The van der Waals surface area contributed by atoms with Crippen LogP contribution in [0, 0.1) is 0 Å². The molecule has 2 nitrogen and oxygen atoms in total. The van der Waals surface area contributed by atoms with Crippen LogP contribution >= 0.6 is 0 Å². The maximum atomic E-state index is 5.92. The van der Waals surface area contributed by atoms with Gasteiger partial charge in [0.15, 0.2) is 0 Å². The molecule has 2 heteroatoms. The van der Waals surface area contributed by atoms with Crippen LogP contribution in [-0.4, -0.2) is 6.61 Å². The monoisotopic (exact) mass is 396 g/mol. The second-order valence-corrected chi connectivity index (χ2v) is 7.61. The quantitative estimate of drug-likeness (QED) is 0.377. The summed E-state index contributed by atoms with van der Waals surface area (Å²) in [6.45, 7) is 2.97. The van der Waals surface area contributed by atoms with Crippen molar-refractivity contribution in [2.75, 3.05) is 6.61 Å². The number of rotatable bonds is 8. The molecule has 0 N–H and O–H groups in total. The van der Waals surface area contributed by atoms with Gasteiger partial charge in [-0.3, -0.25) is 0 Å². The Morgan fingerprint density at radius 1 is 0.767 bits per heavy atom. The van der Waals surface area contributed by atoms with Crippen LogP contribution in [-0.2, 0) is 10.2 Å². The van der Waals surface area contributed by atoms with Crippen molar-refractivity contribution in [1.82, 2.24) is 0 Å². The van der Waals surface area contributed by atoms with E-state index in [9.17, 15) is 0 Å². The van der Waals surface area contributed by atoms with Crippen molar-refractivity contribution in [3.05, 3.63) is 120 Å². The first-order chi connectivity index (χ1) is 14.8. The predicted molar refractivity (Wildman–Crippen MR) is 123 cm³/mol. The Balaban J connectivity index is 1.70. The zero-order chi connectivity index (χ0) is 20.7. The first kappa shape index (κ1) is 20.0. The average Bonchev–Trinajstić information content (AvgIpc) is 2.83. The third-order valence-corrected chi connectivity index (χ3v) is 5.54. The zero-order valence-electron chi connectivity index (χ0n) is 17.5. The molecule has 1 unspecified atom stereocenters. The summed E-state index contributed by atoms with van der Waals surface area (Å²) in [5.74, 6) is 1.78. The minimum absolute atomic E-state index is 0.397. The van der Waals surface area contributed by atoms with E-state index >= 15 is 0 Å². The van der Waals surface area contributed by atoms with Crippen molar-refractivity contribution < 1.29 is 9.47 Å². The topological polar surface area (TPSA) is 18.5 Å². The fourth-order valence-electron chi connectivity index (χ4n) is 3.87. The Kier molecular flexibility index (Phi) is 6.34. The average molecular weight is 397 g/mol. The van der Waals surface area contributed by atoms with E-state index < -0.39 is 5.41 Å². The molecule has 4 rings (SSSR count). The van der Waals surface area contributed by atoms with Crippen molar-refractivity contribution in [1.29, 1.82) is 0 Å². The van der Waals surface area contributed by atoms with Crippen molar-refractivity contribution in [2.24, 2.45) is 0 Å². The van der Waals surface area contributed by atoms with Crippen LogP contribution in [0.2, 0.25) is 0 Å². The molecule has 0 spiro atoms. The molecule has 0 bridgehead atoms. The van der Waals surface area contributed by atoms with Crippen LogP contribution in [0.15, 0.2) is 103 Å². The maximum Gasteiger partial charge on any atom is 0.131 e. The highest BCUT2D eigenvalue weighted by atomic mass is 16.5. The molecule has 1 heterocycles. The van der Waals surface area contributed by atoms with E-state index in [0.29, 0.717) is 0 Å². The molecule has 3 aromatic rings. The molecule has 0 amide bonds. The Morgan fingerprint density at radius 3 is 2.13 bits per heavy atom. The third kappa shape index (κ3) is 4.33. The number of hydrogen-bond acceptors (Lipinski definition) is 2. The molecular weight excluding hydrogens is 368 g/mol. The molecule has 0 saturated carbocycles. The van der Waals surface area contributed by atoms with Crippen molar-refractivity contribution in [3.63, 3.8) is 0 Å². The molecule has 1 aliphatic heterocycles. The standard InChI is InChI=1S/C28H28O2/c1-2-3-10-20-29-26-17-15-25(16-18-26)28(24-13-8-5-9-14-24)19-21-30-27(22-28)23-11-6-4-7-12-23/h4-9,11-19,21-22H,2-3,10,20H2,1H3. The molecule has 0 saturated heterocycles. The molecule has 0 radical (unpaired) electrons. The fraction of sp³-hybridized carbons (Fsp3) is 0.214. The lowest BCUT2D eigenvalue weighted by molar-refractivity contribution is 0.306. The van der Waals surface area contributed by atoms with Gasteiger partial charge in [-0.15, -0.1) is 0 Å². The Morgan fingerprint density at radius 2 is 1.43 bits per heavy atom. The second kappa shape index (κ2) is 9.49. The Labute approximate surface area is 179 Å². The lowest BCUT2D eigenvalue weighted by Gasteiger charge is -2.32. The van der Waals surface area contributed by atoms with Gasteiger partial charge in [0, 0.05) is 5.56 Å². The Hall–Kier alpha value is -3.26. The normalized spacial score (nSPS) is 17.8. The van der Waals surface area contributed by atoms with E-state index in [-0.39, 0.29) is 0 Å². The highest BCUT2D eigenvalue weighted by Gasteiger charge is 2.33. The third-order valence-electron chi connectivity index (χ3n) is 5.54. The van der Waals surface area contributed by atoms with Crippen LogP contribution < -0.4 is 4.74 Å². The Bertz CT molecular complexity index is 988. The molecule has 3 aromatic carbocycles. The largest absolute Gasteiger partial charge is 0.494 e. The first-order valence-electron chi connectivity index (χ1n) is 10.7. The molecule has 30 heavy (non-hydrogen) atoms. The van der Waals surface area contributed by atoms with Gasteiger partial charge in [0.2, 0.25) is 0 Å². The van der Waals surface area contributed by atoms with Crippen LogP contribution in [0.5, 0.6) is 5.75 Å². The fourth-order valence-corrected chi connectivity index (χ4v) is 3.87. The van der Waals surface area contributed by atoms with Gasteiger partial charge in [0.25, 0.3) is 0 Å². The number of hydrogen-bond donors (Lipinski definition) is 0. The SMILES string of the molecule is CCCCCOc1ccc(C2(c3ccccc3)C=COC(c3ccccc3)=C2)cc1. The van der Waals surface area contributed by atoms with Gasteiger partial charge in [-0.25, -0.2) is 0 Å². The van der Waals surface area contributed by atoms with Crippen molar-refractivity contribution >= 4 is 5.76 Å². The van der Waals surface area contributed by atoms with Crippen LogP contribution in [0.1, 0.15) is 42.9 Å². The summed E-state index contributed by atoms with van der Waals surface area (Å²) in [5.41, 5.74) is 3.06.